The maximum atomic E-state index is 11.8. The maximum absolute atomic E-state index is 11.8. The second kappa shape index (κ2) is 4.46. The first-order valence-corrected chi connectivity index (χ1v) is 6.14. The Morgan fingerprint density at radius 2 is 1.72 bits per heavy atom. The first-order chi connectivity index (χ1) is 8.77. The lowest BCUT2D eigenvalue weighted by Gasteiger charge is -2.14. The minimum Gasteiger partial charge on any atom is -0.489 e. The minimum atomic E-state index is -0.443. The van der Waals surface area contributed by atoms with Crippen molar-refractivity contribution < 1.29 is 9.53 Å². The molecule has 0 saturated heterocycles. The second-order valence-electron chi connectivity index (χ2n) is 4.26. The molecule has 0 aliphatic carbocycles. The van der Waals surface area contributed by atoms with Crippen molar-refractivity contribution in [3.63, 3.8) is 0 Å². The van der Waals surface area contributed by atoms with Gasteiger partial charge in [-0.25, -0.2) is 0 Å². The van der Waals surface area contributed by atoms with Gasteiger partial charge in [0, 0.05) is 5.56 Å². The van der Waals surface area contributed by atoms with Gasteiger partial charge in [-0.1, -0.05) is 42.5 Å². The fourth-order valence-corrected chi connectivity index (χ4v) is 2.60. The van der Waals surface area contributed by atoms with Crippen molar-refractivity contribution in [2.45, 2.75) is 12.5 Å². The standard InChI is InChI=1S/C15H11ClO2/c16-15(17)14-11-6-2-1-5-10(11)9-18-13-8-4-3-7-12(13)14/h1-8,14H,9H2/t14-/m0/s1. The molecule has 1 heterocycles. The van der Waals surface area contributed by atoms with E-state index >= 15 is 0 Å². The summed E-state index contributed by atoms with van der Waals surface area (Å²) < 4.78 is 5.74. The summed E-state index contributed by atoms with van der Waals surface area (Å²) in [5, 5.41) is -0.375. The molecule has 3 rings (SSSR count). The largest absolute Gasteiger partial charge is 0.489 e. The fraction of sp³-hybridized carbons (Fsp3) is 0.133. The van der Waals surface area contributed by atoms with Gasteiger partial charge in [0.25, 0.3) is 0 Å². The smallest absolute Gasteiger partial charge is 0.233 e. The van der Waals surface area contributed by atoms with Crippen LogP contribution in [0.2, 0.25) is 0 Å². The molecule has 0 amide bonds. The molecular weight excluding hydrogens is 248 g/mol. The summed E-state index contributed by atoms with van der Waals surface area (Å²) in [4.78, 5) is 11.8. The van der Waals surface area contributed by atoms with Crippen molar-refractivity contribution >= 4 is 16.8 Å². The zero-order chi connectivity index (χ0) is 12.5. The van der Waals surface area contributed by atoms with E-state index in [1.807, 2.05) is 48.5 Å². The summed E-state index contributed by atoms with van der Waals surface area (Å²) in [5.74, 6) is 0.286. The molecule has 0 saturated carbocycles. The maximum Gasteiger partial charge on any atom is 0.233 e. The van der Waals surface area contributed by atoms with Crippen LogP contribution in [0.3, 0.4) is 0 Å². The van der Waals surface area contributed by atoms with E-state index in [2.05, 4.69) is 0 Å². The fourth-order valence-electron chi connectivity index (χ4n) is 2.37. The van der Waals surface area contributed by atoms with Crippen LogP contribution < -0.4 is 4.74 Å². The number of rotatable bonds is 1. The number of ether oxygens (including phenoxy) is 1. The average molecular weight is 259 g/mol. The highest BCUT2D eigenvalue weighted by molar-refractivity contribution is 6.65. The molecule has 1 aliphatic heterocycles. The van der Waals surface area contributed by atoms with E-state index < -0.39 is 5.92 Å². The summed E-state index contributed by atoms with van der Waals surface area (Å²) in [7, 11) is 0. The predicted molar refractivity (Wildman–Crippen MR) is 69.9 cm³/mol. The highest BCUT2D eigenvalue weighted by atomic mass is 35.5. The van der Waals surface area contributed by atoms with Crippen molar-refractivity contribution in [2.24, 2.45) is 0 Å². The Hall–Kier alpha value is -1.80. The molecule has 2 nitrogen and oxygen atoms in total. The Morgan fingerprint density at radius 3 is 2.50 bits per heavy atom. The monoisotopic (exact) mass is 258 g/mol. The Bertz CT molecular complexity index is 559. The summed E-state index contributed by atoms with van der Waals surface area (Å²) >= 11 is 5.79. The van der Waals surface area contributed by atoms with Crippen LogP contribution in [0.1, 0.15) is 22.6 Å². The van der Waals surface area contributed by atoms with Crippen LogP contribution in [0.15, 0.2) is 48.5 Å². The molecule has 0 spiro atoms. The topological polar surface area (TPSA) is 26.3 Å². The lowest BCUT2D eigenvalue weighted by molar-refractivity contribution is -0.112. The quantitative estimate of drug-likeness (QED) is 0.732. The third kappa shape index (κ3) is 1.79. The molecule has 0 N–H and O–H groups in total. The highest BCUT2D eigenvalue weighted by Crippen LogP contribution is 2.38. The number of benzene rings is 2. The molecule has 18 heavy (non-hydrogen) atoms. The SMILES string of the molecule is O=C(Cl)[C@H]1c2ccccc2COc2ccccc21. The molecule has 2 aromatic carbocycles. The van der Waals surface area contributed by atoms with Crippen molar-refractivity contribution in [3.05, 3.63) is 65.2 Å². The van der Waals surface area contributed by atoms with Crippen LogP contribution in [0.25, 0.3) is 0 Å². The van der Waals surface area contributed by atoms with Gasteiger partial charge in [-0.15, -0.1) is 0 Å². The first kappa shape index (κ1) is 11.3. The van der Waals surface area contributed by atoms with Crippen LogP contribution in [-0.4, -0.2) is 5.24 Å². The molecule has 0 unspecified atom stereocenters. The number of hydrogen-bond donors (Lipinski definition) is 0. The van der Waals surface area contributed by atoms with Gasteiger partial charge in [-0.2, -0.15) is 0 Å². The van der Waals surface area contributed by atoms with Gasteiger partial charge in [0.05, 0.1) is 5.92 Å². The summed E-state index contributed by atoms with van der Waals surface area (Å²) in [6.07, 6.45) is 0. The van der Waals surface area contributed by atoms with Gasteiger partial charge in [-0.05, 0) is 28.8 Å². The predicted octanol–water partition coefficient (Wildman–Crippen LogP) is 3.48. The van der Waals surface area contributed by atoms with Crippen LogP contribution in [0.4, 0.5) is 0 Å². The molecule has 1 aliphatic rings. The van der Waals surface area contributed by atoms with E-state index in [9.17, 15) is 4.79 Å². The van der Waals surface area contributed by atoms with Crippen LogP contribution in [-0.2, 0) is 11.4 Å². The Balaban J connectivity index is 2.24. The van der Waals surface area contributed by atoms with E-state index in [1.165, 1.54) is 0 Å². The second-order valence-corrected chi connectivity index (χ2v) is 4.63. The average Bonchev–Trinajstić information content (AvgIpc) is 2.55. The molecular formula is C15H11ClO2. The van der Waals surface area contributed by atoms with Crippen LogP contribution >= 0.6 is 11.6 Å². The Labute approximate surface area is 110 Å². The zero-order valence-corrected chi connectivity index (χ0v) is 10.4. The van der Waals surface area contributed by atoms with Crippen LogP contribution in [0, 0.1) is 0 Å². The van der Waals surface area contributed by atoms with E-state index in [4.69, 9.17) is 16.3 Å². The van der Waals surface area contributed by atoms with Gasteiger partial charge < -0.3 is 4.74 Å². The molecule has 0 bridgehead atoms. The normalized spacial score (nSPS) is 17.1. The van der Waals surface area contributed by atoms with E-state index in [1.54, 1.807) is 0 Å². The molecule has 3 heteroatoms. The molecule has 0 aromatic heterocycles. The summed E-state index contributed by atoms with van der Waals surface area (Å²) in [6, 6.07) is 15.3. The number of carbonyl (C=O) groups is 1. The van der Waals surface area contributed by atoms with E-state index in [-0.39, 0.29) is 5.24 Å². The number of fused-ring (bicyclic) bond motifs is 2. The summed E-state index contributed by atoms with van der Waals surface area (Å²) in [5.41, 5.74) is 2.78. The van der Waals surface area contributed by atoms with Crippen LogP contribution in [0.5, 0.6) is 5.75 Å². The van der Waals surface area contributed by atoms with Gasteiger partial charge >= 0.3 is 0 Å². The molecule has 90 valence electrons. The summed E-state index contributed by atoms with van der Waals surface area (Å²) in [6.45, 7) is 0.466. The molecule has 0 fully saturated rings. The highest BCUT2D eigenvalue weighted by Gasteiger charge is 2.28. The third-order valence-corrected chi connectivity index (χ3v) is 3.42. The number of halogens is 1. The van der Waals surface area contributed by atoms with Crippen molar-refractivity contribution in [2.75, 3.05) is 0 Å². The van der Waals surface area contributed by atoms with E-state index in [0.29, 0.717) is 6.61 Å². The van der Waals surface area contributed by atoms with Gasteiger partial charge in [0.1, 0.15) is 12.4 Å². The lowest BCUT2D eigenvalue weighted by Crippen LogP contribution is -2.09. The van der Waals surface area contributed by atoms with E-state index in [0.717, 1.165) is 22.4 Å². The molecule has 1 atom stereocenters. The first-order valence-electron chi connectivity index (χ1n) is 5.76. The number of hydrogen-bond acceptors (Lipinski definition) is 2. The van der Waals surface area contributed by atoms with Crippen molar-refractivity contribution in [1.29, 1.82) is 0 Å². The number of carbonyl (C=O) groups excluding carboxylic acids is 1. The van der Waals surface area contributed by atoms with Gasteiger partial charge in [0.2, 0.25) is 5.24 Å². The van der Waals surface area contributed by atoms with Gasteiger partial charge in [0.15, 0.2) is 0 Å². The Morgan fingerprint density at radius 1 is 1.06 bits per heavy atom. The van der Waals surface area contributed by atoms with Gasteiger partial charge in [-0.3, -0.25) is 4.79 Å². The number of para-hydroxylation sites is 1. The van der Waals surface area contributed by atoms with Crippen molar-refractivity contribution in [1.82, 2.24) is 0 Å². The zero-order valence-electron chi connectivity index (χ0n) is 9.60. The molecule has 0 radical (unpaired) electrons. The molecule has 2 aromatic rings. The Kier molecular flexibility index (Phi) is 2.80. The lowest BCUT2D eigenvalue weighted by atomic mass is 9.89. The third-order valence-electron chi connectivity index (χ3n) is 3.21. The minimum absolute atomic E-state index is 0.375. The van der Waals surface area contributed by atoms with Crippen molar-refractivity contribution in [3.8, 4) is 5.75 Å².